The quantitative estimate of drug-likeness (QED) is 0.536. The molecular weight excluding hydrogens is 192 g/mol. The lowest BCUT2D eigenvalue weighted by Gasteiger charge is -2.26. The van der Waals surface area contributed by atoms with Gasteiger partial charge in [0.2, 0.25) is 5.91 Å². The summed E-state index contributed by atoms with van der Waals surface area (Å²) in [6.07, 6.45) is 0.460. The van der Waals surface area contributed by atoms with Gasteiger partial charge >= 0.3 is 0 Å². The van der Waals surface area contributed by atoms with Crippen molar-refractivity contribution in [3.05, 3.63) is 0 Å². The van der Waals surface area contributed by atoms with Gasteiger partial charge in [-0.3, -0.25) is 4.79 Å². The van der Waals surface area contributed by atoms with Gasteiger partial charge < -0.3 is 15.7 Å². The van der Waals surface area contributed by atoms with Gasteiger partial charge in [0.1, 0.15) is 5.88 Å². The number of aliphatic hydroxyl groups excluding tert-OH is 1. The topological polar surface area (TPSA) is 61.4 Å². The van der Waals surface area contributed by atoms with Gasteiger partial charge in [0, 0.05) is 13.1 Å². The minimum Gasteiger partial charge on any atom is -0.392 e. The molecule has 1 aliphatic rings. The number of nitrogens with one attached hydrogen (secondary N) is 2. The first-order valence-corrected chi connectivity index (χ1v) is 4.97. The van der Waals surface area contributed by atoms with Crippen LogP contribution in [0.15, 0.2) is 0 Å². The van der Waals surface area contributed by atoms with Crippen molar-refractivity contribution >= 4 is 17.5 Å². The zero-order valence-electron chi connectivity index (χ0n) is 7.42. The van der Waals surface area contributed by atoms with Gasteiger partial charge in [-0.15, -0.1) is 11.6 Å². The summed E-state index contributed by atoms with van der Waals surface area (Å²) >= 11 is 5.32. The number of alkyl halides is 1. The van der Waals surface area contributed by atoms with Gasteiger partial charge in [0.05, 0.1) is 6.10 Å². The van der Waals surface area contributed by atoms with E-state index in [-0.39, 0.29) is 17.9 Å². The molecule has 4 nitrogen and oxygen atoms in total. The Balaban J connectivity index is 2.17. The first-order chi connectivity index (χ1) is 6.22. The molecule has 0 aromatic heterocycles. The molecule has 76 valence electrons. The molecule has 1 saturated heterocycles. The summed E-state index contributed by atoms with van der Waals surface area (Å²) in [5, 5.41) is 15.1. The Kier molecular flexibility index (Phi) is 4.48. The molecule has 0 radical (unpaired) electrons. The van der Waals surface area contributed by atoms with Crippen molar-refractivity contribution in [2.24, 2.45) is 5.92 Å². The van der Waals surface area contributed by atoms with Crippen molar-refractivity contribution in [1.82, 2.24) is 10.6 Å². The van der Waals surface area contributed by atoms with Crippen LogP contribution in [0.5, 0.6) is 0 Å². The average molecular weight is 207 g/mol. The van der Waals surface area contributed by atoms with Gasteiger partial charge in [-0.05, 0) is 18.9 Å². The van der Waals surface area contributed by atoms with E-state index in [1.165, 1.54) is 0 Å². The molecule has 0 aromatic rings. The molecule has 1 rings (SSSR count). The maximum Gasteiger partial charge on any atom is 0.234 e. The molecule has 3 N–H and O–H groups in total. The normalized spacial score (nSPS) is 28.5. The maximum absolute atomic E-state index is 10.8. The van der Waals surface area contributed by atoms with Gasteiger partial charge in [0.15, 0.2) is 0 Å². The standard InChI is InChI=1S/C8H15ClN2O2/c9-2-8(13)11-4-6-1-7(12)5-10-3-6/h6-7,10,12H,1-5H2,(H,11,13). The maximum atomic E-state index is 10.8. The van der Waals surface area contributed by atoms with Gasteiger partial charge in [-0.1, -0.05) is 0 Å². The minimum atomic E-state index is -0.286. The van der Waals surface area contributed by atoms with E-state index in [0.717, 1.165) is 13.0 Å². The van der Waals surface area contributed by atoms with Crippen LogP contribution in [-0.4, -0.2) is 42.6 Å². The minimum absolute atomic E-state index is 0.00268. The van der Waals surface area contributed by atoms with E-state index in [9.17, 15) is 9.90 Å². The first kappa shape index (κ1) is 10.8. The Hall–Kier alpha value is -0.320. The van der Waals surface area contributed by atoms with E-state index in [1.54, 1.807) is 0 Å². The van der Waals surface area contributed by atoms with Crippen LogP contribution in [0, 0.1) is 5.92 Å². The lowest BCUT2D eigenvalue weighted by Crippen LogP contribution is -2.44. The monoisotopic (exact) mass is 206 g/mol. The van der Waals surface area contributed by atoms with Crippen LogP contribution in [0.4, 0.5) is 0 Å². The number of carbonyl (C=O) groups excluding carboxylic acids is 1. The number of hydrogen-bond acceptors (Lipinski definition) is 3. The van der Waals surface area contributed by atoms with Gasteiger partial charge in [-0.2, -0.15) is 0 Å². The second-order valence-corrected chi connectivity index (χ2v) is 3.62. The number of halogens is 1. The molecule has 5 heteroatoms. The average Bonchev–Trinajstić information content (AvgIpc) is 2.14. The van der Waals surface area contributed by atoms with Crippen molar-refractivity contribution in [2.45, 2.75) is 12.5 Å². The number of aliphatic hydroxyl groups is 1. The third kappa shape index (κ3) is 3.93. The lowest BCUT2D eigenvalue weighted by molar-refractivity contribution is -0.118. The van der Waals surface area contributed by atoms with Crippen LogP contribution in [0.25, 0.3) is 0 Å². The Labute approximate surface area is 82.6 Å². The third-order valence-electron chi connectivity index (χ3n) is 2.13. The second-order valence-electron chi connectivity index (χ2n) is 3.35. The molecular formula is C8H15ClN2O2. The molecule has 0 saturated carbocycles. The van der Waals surface area contributed by atoms with E-state index in [0.29, 0.717) is 19.0 Å². The van der Waals surface area contributed by atoms with Crippen molar-refractivity contribution in [3.63, 3.8) is 0 Å². The highest BCUT2D eigenvalue weighted by Gasteiger charge is 2.19. The molecule has 2 unspecified atom stereocenters. The molecule has 0 aliphatic carbocycles. The van der Waals surface area contributed by atoms with Gasteiger partial charge in [0.25, 0.3) is 0 Å². The highest BCUT2D eigenvalue weighted by Crippen LogP contribution is 2.08. The largest absolute Gasteiger partial charge is 0.392 e. The van der Waals surface area contributed by atoms with Crippen LogP contribution in [0.1, 0.15) is 6.42 Å². The van der Waals surface area contributed by atoms with Gasteiger partial charge in [-0.25, -0.2) is 0 Å². The predicted molar refractivity (Wildman–Crippen MR) is 50.7 cm³/mol. The molecule has 1 fully saturated rings. The summed E-state index contributed by atoms with van der Waals surface area (Å²) in [5.41, 5.74) is 0. The fourth-order valence-corrected chi connectivity index (χ4v) is 1.56. The number of rotatable bonds is 3. The van der Waals surface area contributed by atoms with Crippen molar-refractivity contribution in [1.29, 1.82) is 0 Å². The Morgan fingerprint density at radius 2 is 2.38 bits per heavy atom. The first-order valence-electron chi connectivity index (χ1n) is 4.44. The molecule has 1 heterocycles. The Morgan fingerprint density at radius 1 is 1.62 bits per heavy atom. The summed E-state index contributed by atoms with van der Waals surface area (Å²) in [6.45, 7) is 2.09. The van der Waals surface area contributed by atoms with E-state index in [4.69, 9.17) is 11.6 Å². The van der Waals surface area contributed by atoms with Crippen LogP contribution in [0.2, 0.25) is 0 Å². The third-order valence-corrected chi connectivity index (χ3v) is 2.37. The van der Waals surface area contributed by atoms with Crippen molar-refractivity contribution in [2.75, 3.05) is 25.5 Å². The Morgan fingerprint density at radius 3 is 3.00 bits per heavy atom. The predicted octanol–water partition coefficient (Wildman–Crippen LogP) is -0.688. The highest BCUT2D eigenvalue weighted by atomic mass is 35.5. The number of carbonyl (C=O) groups is 1. The molecule has 1 aliphatic heterocycles. The zero-order chi connectivity index (χ0) is 9.68. The van der Waals surface area contributed by atoms with Crippen molar-refractivity contribution < 1.29 is 9.90 Å². The lowest BCUT2D eigenvalue weighted by atomic mass is 9.98. The molecule has 0 aromatic carbocycles. The Bertz CT molecular complexity index is 178. The van der Waals surface area contributed by atoms with E-state index in [1.807, 2.05) is 0 Å². The summed E-state index contributed by atoms with van der Waals surface area (Å²) in [5.74, 6) is 0.167. The number of β-amino-alcohol motifs (C(OH)–C–C–N with tert-alkyl or cyclic N) is 1. The molecule has 0 spiro atoms. The number of amides is 1. The zero-order valence-corrected chi connectivity index (χ0v) is 8.18. The summed E-state index contributed by atoms with van der Waals surface area (Å²) < 4.78 is 0. The summed E-state index contributed by atoms with van der Waals surface area (Å²) in [6, 6.07) is 0. The smallest absolute Gasteiger partial charge is 0.234 e. The van der Waals surface area contributed by atoms with E-state index >= 15 is 0 Å². The summed E-state index contributed by atoms with van der Waals surface area (Å²) in [4.78, 5) is 10.8. The van der Waals surface area contributed by atoms with Crippen molar-refractivity contribution in [3.8, 4) is 0 Å². The SMILES string of the molecule is O=C(CCl)NCC1CNCC(O)C1. The van der Waals surface area contributed by atoms with Crippen LogP contribution < -0.4 is 10.6 Å². The molecule has 2 atom stereocenters. The summed E-state index contributed by atoms with van der Waals surface area (Å²) in [7, 11) is 0. The highest BCUT2D eigenvalue weighted by molar-refractivity contribution is 6.27. The van der Waals surface area contributed by atoms with E-state index < -0.39 is 0 Å². The van der Waals surface area contributed by atoms with Crippen LogP contribution in [-0.2, 0) is 4.79 Å². The fraction of sp³-hybridized carbons (Fsp3) is 0.875. The molecule has 13 heavy (non-hydrogen) atoms. The second kappa shape index (κ2) is 5.42. The van der Waals surface area contributed by atoms with E-state index in [2.05, 4.69) is 10.6 Å². The molecule has 0 bridgehead atoms. The van der Waals surface area contributed by atoms with Crippen LogP contribution >= 0.6 is 11.6 Å². The molecule has 1 amide bonds. The number of piperidine rings is 1. The number of hydrogen-bond donors (Lipinski definition) is 3. The van der Waals surface area contributed by atoms with Crippen LogP contribution in [0.3, 0.4) is 0 Å². The fourth-order valence-electron chi connectivity index (χ4n) is 1.47.